The molecule has 0 bridgehead atoms. The number of aliphatic hydroxyl groups excluding tert-OH is 1. The van der Waals surface area contributed by atoms with E-state index in [1.807, 2.05) is 12.1 Å². The zero-order chi connectivity index (χ0) is 14.6. The molecule has 0 fully saturated rings. The molecule has 3 heteroatoms. The van der Waals surface area contributed by atoms with E-state index in [1.165, 1.54) is 22.3 Å². The van der Waals surface area contributed by atoms with Crippen LogP contribution in [0.15, 0.2) is 30.3 Å². The van der Waals surface area contributed by atoms with E-state index in [9.17, 15) is 10.2 Å². The third-order valence-electron chi connectivity index (χ3n) is 4.99. The normalized spacial score (nSPS) is 20.0. The van der Waals surface area contributed by atoms with Gasteiger partial charge in [0.1, 0.15) is 5.75 Å². The van der Waals surface area contributed by atoms with Crippen LogP contribution in [0.1, 0.15) is 28.3 Å². The van der Waals surface area contributed by atoms with Gasteiger partial charge in [-0.25, -0.2) is 0 Å². The first-order valence-electron chi connectivity index (χ1n) is 7.47. The van der Waals surface area contributed by atoms with E-state index in [1.54, 1.807) is 0 Å². The summed E-state index contributed by atoms with van der Waals surface area (Å²) in [6, 6.07) is 10.6. The summed E-state index contributed by atoms with van der Waals surface area (Å²) in [4.78, 5) is 2.39. The highest BCUT2D eigenvalue weighted by Gasteiger charge is 2.34. The molecular weight excluding hydrogens is 262 g/mol. The van der Waals surface area contributed by atoms with E-state index in [0.29, 0.717) is 11.6 Å². The maximum atomic E-state index is 10.3. The molecule has 2 aliphatic rings. The van der Waals surface area contributed by atoms with Gasteiger partial charge in [-0.05, 0) is 53.8 Å². The van der Waals surface area contributed by atoms with Crippen LogP contribution in [0.5, 0.6) is 5.75 Å². The molecule has 0 spiro atoms. The molecular formula is C18H19NO2. The van der Waals surface area contributed by atoms with Gasteiger partial charge in [0.05, 0.1) is 6.61 Å². The molecule has 1 unspecified atom stereocenters. The number of hydrogen-bond acceptors (Lipinski definition) is 3. The summed E-state index contributed by atoms with van der Waals surface area (Å²) < 4.78 is 0. The molecule has 4 rings (SSSR count). The van der Waals surface area contributed by atoms with Gasteiger partial charge in [0.2, 0.25) is 0 Å². The van der Waals surface area contributed by atoms with Gasteiger partial charge in [-0.3, -0.25) is 4.90 Å². The van der Waals surface area contributed by atoms with Crippen LogP contribution in [0.4, 0.5) is 0 Å². The van der Waals surface area contributed by atoms with Crippen molar-refractivity contribution in [3.63, 3.8) is 0 Å². The van der Waals surface area contributed by atoms with Crippen LogP contribution in [0, 0.1) is 0 Å². The fourth-order valence-corrected chi connectivity index (χ4v) is 3.92. The second-order valence-electron chi connectivity index (χ2n) is 6.09. The monoisotopic (exact) mass is 281 g/mol. The van der Waals surface area contributed by atoms with E-state index in [4.69, 9.17) is 0 Å². The fourth-order valence-electron chi connectivity index (χ4n) is 3.92. The van der Waals surface area contributed by atoms with Crippen molar-refractivity contribution in [3.8, 4) is 16.9 Å². The minimum absolute atomic E-state index is 0.126. The van der Waals surface area contributed by atoms with E-state index in [2.05, 4.69) is 30.1 Å². The SMILES string of the molecule is CN1CCc2cc(O)c(CO)c3c2C1Cc1ccccc1-3. The number of aromatic hydroxyl groups is 1. The molecule has 1 atom stereocenters. The van der Waals surface area contributed by atoms with Crippen LogP contribution < -0.4 is 0 Å². The molecule has 1 aliphatic heterocycles. The van der Waals surface area contributed by atoms with Crippen molar-refractivity contribution >= 4 is 0 Å². The fraction of sp³-hybridized carbons (Fsp3) is 0.333. The van der Waals surface area contributed by atoms with Gasteiger partial charge in [0, 0.05) is 18.2 Å². The number of likely N-dealkylation sites (N-methyl/N-ethyl adjacent to an activating group) is 1. The van der Waals surface area contributed by atoms with Crippen molar-refractivity contribution < 1.29 is 10.2 Å². The smallest absolute Gasteiger partial charge is 0.122 e. The van der Waals surface area contributed by atoms with Gasteiger partial charge in [-0.15, -0.1) is 0 Å². The molecule has 0 amide bonds. The summed E-state index contributed by atoms with van der Waals surface area (Å²) in [7, 11) is 2.16. The first-order valence-corrected chi connectivity index (χ1v) is 7.47. The van der Waals surface area contributed by atoms with E-state index < -0.39 is 0 Å². The number of fused-ring (bicyclic) bond motifs is 2. The zero-order valence-corrected chi connectivity index (χ0v) is 12.1. The maximum absolute atomic E-state index is 10.3. The molecule has 1 heterocycles. The lowest BCUT2D eigenvalue weighted by atomic mass is 9.75. The molecule has 3 nitrogen and oxygen atoms in total. The average molecular weight is 281 g/mol. The molecule has 0 saturated carbocycles. The summed E-state index contributed by atoms with van der Waals surface area (Å²) in [6.45, 7) is 0.885. The summed E-state index contributed by atoms with van der Waals surface area (Å²) in [5.74, 6) is 0.228. The van der Waals surface area contributed by atoms with Gasteiger partial charge >= 0.3 is 0 Å². The van der Waals surface area contributed by atoms with Crippen LogP contribution in [-0.4, -0.2) is 28.7 Å². The highest BCUT2D eigenvalue weighted by molar-refractivity contribution is 5.80. The molecule has 2 aromatic carbocycles. The van der Waals surface area contributed by atoms with E-state index >= 15 is 0 Å². The van der Waals surface area contributed by atoms with Crippen molar-refractivity contribution in [2.75, 3.05) is 13.6 Å². The van der Waals surface area contributed by atoms with Crippen molar-refractivity contribution in [2.24, 2.45) is 0 Å². The number of hydrogen-bond donors (Lipinski definition) is 2. The molecule has 0 radical (unpaired) electrons. The second-order valence-corrected chi connectivity index (χ2v) is 6.09. The van der Waals surface area contributed by atoms with Crippen molar-refractivity contribution in [3.05, 3.63) is 52.6 Å². The quantitative estimate of drug-likeness (QED) is 0.844. The Morgan fingerprint density at radius 2 is 2.05 bits per heavy atom. The lowest BCUT2D eigenvalue weighted by molar-refractivity contribution is 0.226. The predicted molar refractivity (Wildman–Crippen MR) is 82.2 cm³/mol. The lowest BCUT2D eigenvalue weighted by Crippen LogP contribution is -2.35. The van der Waals surface area contributed by atoms with Gasteiger partial charge in [-0.2, -0.15) is 0 Å². The summed E-state index contributed by atoms with van der Waals surface area (Å²) in [5, 5.41) is 20.1. The first kappa shape index (κ1) is 12.9. The van der Waals surface area contributed by atoms with Crippen molar-refractivity contribution in [2.45, 2.75) is 25.5 Å². The first-order chi connectivity index (χ1) is 10.2. The summed E-state index contributed by atoms with van der Waals surface area (Å²) in [5.41, 5.74) is 6.74. The van der Waals surface area contributed by atoms with Gasteiger partial charge in [0.15, 0.2) is 0 Å². The number of phenols is 1. The summed E-state index contributed by atoms with van der Waals surface area (Å²) >= 11 is 0. The van der Waals surface area contributed by atoms with Gasteiger partial charge < -0.3 is 10.2 Å². The average Bonchev–Trinajstić information content (AvgIpc) is 2.50. The molecule has 0 saturated heterocycles. The highest BCUT2D eigenvalue weighted by Crippen LogP contribution is 2.48. The van der Waals surface area contributed by atoms with Gasteiger partial charge in [-0.1, -0.05) is 24.3 Å². The number of rotatable bonds is 1. The third-order valence-corrected chi connectivity index (χ3v) is 4.99. The Morgan fingerprint density at radius 1 is 1.24 bits per heavy atom. The Bertz CT molecular complexity index is 723. The van der Waals surface area contributed by atoms with Crippen molar-refractivity contribution in [1.29, 1.82) is 0 Å². The summed E-state index contributed by atoms with van der Waals surface area (Å²) in [6.07, 6.45) is 1.96. The predicted octanol–water partition coefficient (Wildman–Crippen LogP) is 2.64. The Kier molecular flexibility index (Phi) is 2.81. The van der Waals surface area contributed by atoms with E-state index in [-0.39, 0.29) is 12.4 Å². The Morgan fingerprint density at radius 3 is 2.86 bits per heavy atom. The Labute approximate surface area is 124 Å². The Balaban J connectivity index is 2.10. The molecule has 2 N–H and O–H groups in total. The number of aliphatic hydroxyl groups is 1. The minimum atomic E-state index is -0.126. The van der Waals surface area contributed by atoms with Crippen LogP contribution >= 0.6 is 0 Å². The van der Waals surface area contributed by atoms with Crippen LogP contribution in [0.25, 0.3) is 11.1 Å². The van der Waals surface area contributed by atoms with Crippen LogP contribution in [0.3, 0.4) is 0 Å². The molecule has 21 heavy (non-hydrogen) atoms. The minimum Gasteiger partial charge on any atom is -0.508 e. The highest BCUT2D eigenvalue weighted by atomic mass is 16.3. The standard InChI is InChI=1S/C18H19NO2/c1-19-7-6-12-9-16(21)14(10-20)18-13-5-3-2-4-11(13)8-15(19)17(12)18/h2-5,9,15,20-21H,6-8,10H2,1H3. The lowest BCUT2D eigenvalue weighted by Gasteiger charge is -2.40. The molecule has 0 aromatic heterocycles. The molecule has 2 aromatic rings. The van der Waals surface area contributed by atoms with Crippen molar-refractivity contribution in [1.82, 2.24) is 4.90 Å². The maximum Gasteiger partial charge on any atom is 0.122 e. The third kappa shape index (κ3) is 1.74. The zero-order valence-electron chi connectivity index (χ0n) is 12.1. The number of nitrogens with zero attached hydrogens (tertiary/aromatic N) is 1. The molecule has 1 aliphatic carbocycles. The topological polar surface area (TPSA) is 43.7 Å². The Hall–Kier alpha value is -1.84. The number of benzene rings is 2. The second kappa shape index (κ2) is 4.58. The largest absolute Gasteiger partial charge is 0.508 e. The van der Waals surface area contributed by atoms with Crippen LogP contribution in [0.2, 0.25) is 0 Å². The van der Waals surface area contributed by atoms with Gasteiger partial charge in [0.25, 0.3) is 0 Å². The van der Waals surface area contributed by atoms with E-state index in [0.717, 1.165) is 24.9 Å². The van der Waals surface area contributed by atoms with Crippen LogP contribution in [-0.2, 0) is 19.4 Å². The molecule has 108 valence electrons.